The fourth-order valence-corrected chi connectivity index (χ4v) is 3.60. The third kappa shape index (κ3) is 9.17. The number of rotatable bonds is 6. The van der Waals surface area contributed by atoms with Crippen LogP contribution < -0.4 is 10.6 Å². The predicted octanol–water partition coefficient (Wildman–Crippen LogP) is 2.42. The highest BCUT2D eigenvalue weighted by Crippen LogP contribution is 2.28. The molecular formula is C15H32IN3O2S. The Morgan fingerprint density at radius 1 is 1.32 bits per heavy atom. The van der Waals surface area contributed by atoms with Gasteiger partial charge in [0.15, 0.2) is 5.96 Å². The number of sulfone groups is 1. The molecule has 132 valence electrons. The Morgan fingerprint density at radius 2 is 1.95 bits per heavy atom. The summed E-state index contributed by atoms with van der Waals surface area (Å²) in [7, 11) is -1.15. The zero-order chi connectivity index (χ0) is 15.9. The van der Waals surface area contributed by atoms with Gasteiger partial charge in [0.05, 0.1) is 5.75 Å². The number of aliphatic imine (C=N–C) groups is 1. The van der Waals surface area contributed by atoms with E-state index >= 15 is 0 Å². The molecule has 0 aromatic carbocycles. The Balaban J connectivity index is 0.00000441. The summed E-state index contributed by atoms with van der Waals surface area (Å²) >= 11 is 0. The maximum atomic E-state index is 11.2. The Labute approximate surface area is 153 Å². The molecule has 0 radical (unpaired) electrons. The molecule has 5 nitrogen and oxygen atoms in total. The Hall–Kier alpha value is -0.0500. The second-order valence-corrected chi connectivity index (χ2v) is 8.70. The number of hydrogen-bond donors (Lipinski definition) is 2. The number of nitrogens with one attached hydrogen (secondary N) is 2. The lowest BCUT2D eigenvalue weighted by molar-refractivity contribution is 0.256. The van der Waals surface area contributed by atoms with Gasteiger partial charge in [0.1, 0.15) is 9.84 Å². The van der Waals surface area contributed by atoms with E-state index in [0.717, 1.165) is 18.4 Å². The molecule has 3 atom stereocenters. The lowest BCUT2D eigenvalue weighted by Gasteiger charge is -2.29. The standard InChI is InChI=1S/C15H31N3O2S.HI/c1-12-7-5-6-8-14(12)11-17-15(16-3)18-13(2)9-10-21(4,19)20;/h12-14H,5-11H2,1-4H3,(H2,16,17,18);1H. The van der Waals surface area contributed by atoms with Gasteiger partial charge < -0.3 is 10.6 Å². The van der Waals surface area contributed by atoms with Crippen LogP contribution >= 0.6 is 24.0 Å². The smallest absolute Gasteiger partial charge is 0.191 e. The molecule has 1 rings (SSSR count). The highest BCUT2D eigenvalue weighted by atomic mass is 127. The molecule has 0 aromatic heterocycles. The third-order valence-corrected chi connectivity index (χ3v) is 5.33. The Kier molecular flexibility index (Phi) is 10.6. The first-order valence-corrected chi connectivity index (χ1v) is 10.0. The van der Waals surface area contributed by atoms with Crippen molar-refractivity contribution < 1.29 is 8.42 Å². The van der Waals surface area contributed by atoms with E-state index in [4.69, 9.17) is 0 Å². The average Bonchev–Trinajstić information content (AvgIpc) is 2.42. The Morgan fingerprint density at radius 3 is 2.50 bits per heavy atom. The monoisotopic (exact) mass is 445 g/mol. The molecule has 1 aliphatic rings. The SMILES string of the molecule is CN=C(NCC1CCCCC1C)NC(C)CCS(C)(=O)=O.I. The molecule has 0 aliphatic heterocycles. The van der Waals surface area contributed by atoms with Crippen LogP contribution in [0.25, 0.3) is 0 Å². The van der Waals surface area contributed by atoms with Gasteiger partial charge in [-0.3, -0.25) is 4.99 Å². The second kappa shape index (κ2) is 10.7. The summed E-state index contributed by atoms with van der Waals surface area (Å²) in [5.41, 5.74) is 0. The van der Waals surface area contributed by atoms with Crippen LogP contribution in [0.3, 0.4) is 0 Å². The first kappa shape index (κ1) is 21.9. The van der Waals surface area contributed by atoms with Crippen molar-refractivity contribution >= 4 is 39.8 Å². The maximum Gasteiger partial charge on any atom is 0.191 e. The molecular weight excluding hydrogens is 413 g/mol. The number of halogens is 1. The van der Waals surface area contributed by atoms with Gasteiger partial charge in [-0.2, -0.15) is 0 Å². The van der Waals surface area contributed by atoms with Crippen molar-refractivity contribution in [3.05, 3.63) is 0 Å². The van der Waals surface area contributed by atoms with E-state index in [-0.39, 0.29) is 35.8 Å². The van der Waals surface area contributed by atoms with Gasteiger partial charge in [0.2, 0.25) is 0 Å². The first-order chi connectivity index (χ1) is 9.81. The lowest BCUT2D eigenvalue weighted by Crippen LogP contribution is -2.45. The normalized spacial score (nSPS) is 24.3. The van der Waals surface area contributed by atoms with Crippen molar-refractivity contribution in [3.63, 3.8) is 0 Å². The summed E-state index contributed by atoms with van der Waals surface area (Å²) in [6.07, 6.45) is 7.16. The lowest BCUT2D eigenvalue weighted by atomic mass is 9.80. The summed E-state index contributed by atoms with van der Waals surface area (Å²) in [5.74, 6) is 2.46. The van der Waals surface area contributed by atoms with Crippen LogP contribution in [0.15, 0.2) is 4.99 Å². The summed E-state index contributed by atoms with van der Waals surface area (Å²) in [5, 5.41) is 6.66. The average molecular weight is 445 g/mol. The minimum atomic E-state index is -2.90. The molecule has 1 aliphatic carbocycles. The van der Waals surface area contributed by atoms with Crippen LogP contribution in [0.2, 0.25) is 0 Å². The number of guanidine groups is 1. The number of nitrogens with zero attached hydrogens (tertiary/aromatic N) is 1. The summed E-state index contributed by atoms with van der Waals surface area (Å²) < 4.78 is 22.4. The maximum absolute atomic E-state index is 11.2. The van der Waals surface area contributed by atoms with Gasteiger partial charge in [0, 0.05) is 25.9 Å². The third-order valence-electron chi connectivity index (χ3n) is 4.35. The van der Waals surface area contributed by atoms with E-state index in [1.807, 2.05) is 6.92 Å². The fourth-order valence-electron chi connectivity index (χ4n) is 2.82. The highest BCUT2D eigenvalue weighted by molar-refractivity contribution is 14.0. The predicted molar refractivity (Wildman–Crippen MR) is 105 cm³/mol. The van der Waals surface area contributed by atoms with Crippen molar-refractivity contribution in [2.45, 2.75) is 52.0 Å². The Bertz CT molecular complexity index is 440. The quantitative estimate of drug-likeness (QED) is 0.374. The van der Waals surface area contributed by atoms with E-state index in [1.54, 1.807) is 7.05 Å². The summed E-state index contributed by atoms with van der Waals surface area (Å²) in [6.45, 7) is 5.26. The molecule has 22 heavy (non-hydrogen) atoms. The minimum Gasteiger partial charge on any atom is -0.356 e. The van der Waals surface area contributed by atoms with Crippen LogP contribution in [0, 0.1) is 11.8 Å². The molecule has 1 fully saturated rings. The van der Waals surface area contributed by atoms with Crippen molar-refractivity contribution in [2.24, 2.45) is 16.8 Å². The van der Waals surface area contributed by atoms with Crippen LogP contribution in [-0.2, 0) is 9.84 Å². The molecule has 0 saturated heterocycles. The van der Waals surface area contributed by atoms with Gasteiger partial charge in [-0.05, 0) is 31.6 Å². The minimum absolute atomic E-state index is 0. The van der Waals surface area contributed by atoms with Crippen LogP contribution in [0.4, 0.5) is 0 Å². The van der Waals surface area contributed by atoms with E-state index < -0.39 is 9.84 Å². The molecule has 0 heterocycles. The molecule has 0 spiro atoms. The van der Waals surface area contributed by atoms with E-state index in [9.17, 15) is 8.42 Å². The van der Waals surface area contributed by atoms with E-state index in [1.165, 1.54) is 31.9 Å². The van der Waals surface area contributed by atoms with E-state index in [0.29, 0.717) is 12.3 Å². The van der Waals surface area contributed by atoms with E-state index in [2.05, 4.69) is 22.5 Å². The van der Waals surface area contributed by atoms with Crippen molar-refractivity contribution in [3.8, 4) is 0 Å². The zero-order valence-corrected chi connectivity index (χ0v) is 17.4. The van der Waals surface area contributed by atoms with Gasteiger partial charge >= 0.3 is 0 Å². The summed E-state index contributed by atoms with van der Waals surface area (Å²) in [6, 6.07) is 0.0923. The first-order valence-electron chi connectivity index (χ1n) is 7.96. The summed E-state index contributed by atoms with van der Waals surface area (Å²) in [4.78, 5) is 4.23. The topological polar surface area (TPSA) is 70.6 Å². The van der Waals surface area contributed by atoms with Crippen molar-refractivity contribution in [1.29, 1.82) is 0 Å². The van der Waals surface area contributed by atoms with Crippen LogP contribution in [0.5, 0.6) is 0 Å². The molecule has 2 N–H and O–H groups in total. The molecule has 7 heteroatoms. The van der Waals surface area contributed by atoms with Gasteiger partial charge in [-0.15, -0.1) is 24.0 Å². The molecule has 0 amide bonds. The van der Waals surface area contributed by atoms with Crippen LogP contribution in [-0.4, -0.2) is 46.0 Å². The molecule has 0 bridgehead atoms. The number of hydrogen-bond acceptors (Lipinski definition) is 3. The molecule has 1 saturated carbocycles. The zero-order valence-electron chi connectivity index (χ0n) is 14.3. The van der Waals surface area contributed by atoms with Gasteiger partial charge in [0.25, 0.3) is 0 Å². The largest absolute Gasteiger partial charge is 0.356 e. The van der Waals surface area contributed by atoms with Crippen molar-refractivity contribution in [2.75, 3.05) is 25.6 Å². The fraction of sp³-hybridized carbons (Fsp3) is 0.933. The molecule has 0 aromatic rings. The highest BCUT2D eigenvalue weighted by Gasteiger charge is 2.21. The van der Waals surface area contributed by atoms with Gasteiger partial charge in [-0.25, -0.2) is 8.42 Å². The van der Waals surface area contributed by atoms with Crippen molar-refractivity contribution in [1.82, 2.24) is 10.6 Å². The van der Waals surface area contributed by atoms with Gasteiger partial charge in [-0.1, -0.05) is 26.2 Å². The molecule has 3 unspecified atom stereocenters. The van der Waals surface area contributed by atoms with Crippen LogP contribution in [0.1, 0.15) is 46.0 Å². The second-order valence-electron chi connectivity index (χ2n) is 6.44.